The minimum atomic E-state index is 0.0824. The molecule has 1 saturated heterocycles. The van der Waals surface area contributed by atoms with Crippen molar-refractivity contribution in [1.82, 2.24) is 10.2 Å². The molecule has 1 aromatic rings. The van der Waals surface area contributed by atoms with Gasteiger partial charge in [-0.2, -0.15) is 0 Å². The molecule has 1 aromatic carbocycles. The molecule has 0 aliphatic carbocycles. The fourth-order valence-electron chi connectivity index (χ4n) is 2.46. The average Bonchev–Trinajstić information content (AvgIpc) is 2.52. The highest BCUT2D eigenvalue weighted by Crippen LogP contribution is 2.24. The van der Waals surface area contributed by atoms with E-state index in [-0.39, 0.29) is 11.9 Å². The van der Waals surface area contributed by atoms with Gasteiger partial charge in [0.1, 0.15) is 5.75 Å². The zero-order valence-corrected chi connectivity index (χ0v) is 12.1. The zero-order valence-electron chi connectivity index (χ0n) is 12.1. The first-order valence-corrected chi connectivity index (χ1v) is 6.89. The second-order valence-corrected chi connectivity index (χ2v) is 4.82. The van der Waals surface area contributed by atoms with Crippen molar-refractivity contribution >= 4 is 5.91 Å². The normalized spacial score (nSPS) is 18.9. The first-order valence-electron chi connectivity index (χ1n) is 6.89. The molecule has 1 atom stereocenters. The van der Waals surface area contributed by atoms with E-state index in [1.165, 1.54) is 0 Å². The number of rotatable bonds is 5. The Morgan fingerprint density at radius 2 is 2.10 bits per heavy atom. The number of nitrogens with one attached hydrogen (secondary N) is 1. The molecule has 0 saturated carbocycles. The van der Waals surface area contributed by atoms with E-state index in [9.17, 15) is 4.79 Å². The van der Waals surface area contributed by atoms with Crippen LogP contribution in [0.1, 0.15) is 18.0 Å². The number of hydrogen-bond acceptors (Lipinski definition) is 4. The molecular weight excluding hydrogens is 256 g/mol. The predicted octanol–water partition coefficient (Wildman–Crippen LogP) is 1.20. The highest BCUT2D eigenvalue weighted by Gasteiger charge is 2.27. The third-order valence-electron chi connectivity index (χ3n) is 3.58. The number of amides is 1. The maximum absolute atomic E-state index is 12.3. The summed E-state index contributed by atoms with van der Waals surface area (Å²) in [5.74, 6) is 0.976. The van der Waals surface area contributed by atoms with Crippen LogP contribution in [-0.4, -0.2) is 51.3 Å². The van der Waals surface area contributed by atoms with E-state index >= 15 is 0 Å². The Morgan fingerprint density at radius 3 is 2.75 bits per heavy atom. The fourth-order valence-corrected chi connectivity index (χ4v) is 2.46. The average molecular weight is 278 g/mol. The molecular formula is C15H22N2O3. The first kappa shape index (κ1) is 14.8. The summed E-state index contributed by atoms with van der Waals surface area (Å²) in [6.07, 6.45) is 0.434. The van der Waals surface area contributed by atoms with Crippen LogP contribution in [0, 0.1) is 0 Å². The van der Waals surface area contributed by atoms with E-state index < -0.39 is 0 Å². The maximum Gasteiger partial charge on any atom is 0.225 e. The predicted molar refractivity (Wildman–Crippen MR) is 76.8 cm³/mol. The van der Waals surface area contributed by atoms with Crippen LogP contribution in [0.3, 0.4) is 0 Å². The summed E-state index contributed by atoms with van der Waals surface area (Å²) in [5, 5.41) is 3.35. The van der Waals surface area contributed by atoms with Gasteiger partial charge in [0.2, 0.25) is 5.91 Å². The van der Waals surface area contributed by atoms with Crippen molar-refractivity contribution < 1.29 is 14.3 Å². The Kier molecular flexibility index (Phi) is 5.38. The molecule has 5 nitrogen and oxygen atoms in total. The number of piperazine rings is 1. The topological polar surface area (TPSA) is 50.8 Å². The summed E-state index contributed by atoms with van der Waals surface area (Å²) in [6, 6.07) is 7.99. The van der Waals surface area contributed by atoms with Crippen LogP contribution in [0.4, 0.5) is 0 Å². The number of methoxy groups -OCH3 is 2. The third-order valence-corrected chi connectivity index (χ3v) is 3.58. The molecule has 1 fully saturated rings. The molecule has 1 N–H and O–H groups in total. The Bertz CT molecular complexity index is 433. The van der Waals surface area contributed by atoms with Gasteiger partial charge in [0.05, 0.1) is 26.2 Å². The van der Waals surface area contributed by atoms with Gasteiger partial charge >= 0.3 is 0 Å². The molecule has 2 rings (SSSR count). The summed E-state index contributed by atoms with van der Waals surface area (Å²) in [4.78, 5) is 14.2. The van der Waals surface area contributed by atoms with Crippen molar-refractivity contribution in [3.05, 3.63) is 29.8 Å². The van der Waals surface area contributed by atoms with E-state index in [1.807, 2.05) is 29.2 Å². The summed E-state index contributed by atoms with van der Waals surface area (Å²) in [5.41, 5.74) is 1.13. The highest BCUT2D eigenvalue weighted by molar-refractivity contribution is 5.77. The third kappa shape index (κ3) is 3.49. The van der Waals surface area contributed by atoms with Crippen molar-refractivity contribution in [2.45, 2.75) is 12.5 Å². The summed E-state index contributed by atoms with van der Waals surface area (Å²) in [7, 11) is 3.27. The van der Waals surface area contributed by atoms with E-state index in [1.54, 1.807) is 14.2 Å². The standard InChI is InChI=1S/C15H22N2O3/c1-19-10-7-15(18)17-9-8-16-11-14(17)12-3-5-13(20-2)6-4-12/h3-6,14,16H,7-11H2,1-2H3/t14-/m0/s1. The molecule has 20 heavy (non-hydrogen) atoms. The minimum Gasteiger partial charge on any atom is -0.497 e. The lowest BCUT2D eigenvalue weighted by Crippen LogP contribution is -2.48. The molecule has 0 spiro atoms. The second-order valence-electron chi connectivity index (χ2n) is 4.82. The molecule has 0 unspecified atom stereocenters. The van der Waals surface area contributed by atoms with E-state index in [0.717, 1.165) is 30.9 Å². The lowest BCUT2D eigenvalue weighted by Gasteiger charge is -2.36. The van der Waals surface area contributed by atoms with Gasteiger partial charge in [-0.15, -0.1) is 0 Å². The van der Waals surface area contributed by atoms with E-state index in [2.05, 4.69) is 5.32 Å². The Morgan fingerprint density at radius 1 is 1.35 bits per heavy atom. The largest absolute Gasteiger partial charge is 0.497 e. The summed E-state index contributed by atoms with van der Waals surface area (Å²) in [6.45, 7) is 2.83. The number of hydrogen-bond donors (Lipinski definition) is 1. The van der Waals surface area contributed by atoms with Crippen LogP contribution >= 0.6 is 0 Å². The van der Waals surface area contributed by atoms with Gasteiger partial charge in [0, 0.05) is 26.7 Å². The van der Waals surface area contributed by atoms with Gasteiger partial charge < -0.3 is 19.7 Å². The van der Waals surface area contributed by atoms with Crippen molar-refractivity contribution in [3.63, 3.8) is 0 Å². The smallest absolute Gasteiger partial charge is 0.225 e. The molecule has 110 valence electrons. The first-order chi connectivity index (χ1) is 9.76. The monoisotopic (exact) mass is 278 g/mol. The molecule has 1 amide bonds. The van der Waals surface area contributed by atoms with Crippen LogP contribution in [0.5, 0.6) is 5.75 Å². The number of carbonyl (C=O) groups is 1. The Labute approximate surface area is 119 Å². The van der Waals surface area contributed by atoms with Gasteiger partial charge in [-0.1, -0.05) is 12.1 Å². The molecule has 5 heteroatoms. The van der Waals surface area contributed by atoms with Crippen molar-refractivity contribution in [2.75, 3.05) is 40.5 Å². The Balaban J connectivity index is 2.10. The van der Waals surface area contributed by atoms with Crippen LogP contribution in [-0.2, 0) is 9.53 Å². The minimum absolute atomic E-state index is 0.0824. The zero-order chi connectivity index (χ0) is 14.4. The van der Waals surface area contributed by atoms with Gasteiger partial charge in [-0.3, -0.25) is 4.79 Å². The quantitative estimate of drug-likeness (QED) is 0.879. The van der Waals surface area contributed by atoms with E-state index in [0.29, 0.717) is 13.0 Å². The van der Waals surface area contributed by atoms with Crippen molar-refractivity contribution in [3.8, 4) is 5.75 Å². The number of nitrogens with zero attached hydrogens (tertiary/aromatic N) is 1. The summed E-state index contributed by atoms with van der Waals surface area (Å²) < 4.78 is 10.2. The Hall–Kier alpha value is -1.59. The highest BCUT2D eigenvalue weighted by atomic mass is 16.5. The van der Waals surface area contributed by atoms with Crippen LogP contribution in [0.25, 0.3) is 0 Å². The van der Waals surface area contributed by atoms with Crippen molar-refractivity contribution in [2.24, 2.45) is 0 Å². The molecule has 0 radical (unpaired) electrons. The van der Waals surface area contributed by atoms with Crippen LogP contribution in [0.15, 0.2) is 24.3 Å². The SMILES string of the molecule is COCCC(=O)N1CCNC[C@H]1c1ccc(OC)cc1. The number of benzene rings is 1. The molecule has 1 aliphatic heterocycles. The molecule has 1 aliphatic rings. The van der Waals surface area contributed by atoms with Crippen LogP contribution < -0.4 is 10.1 Å². The van der Waals surface area contributed by atoms with Gasteiger partial charge in [-0.05, 0) is 17.7 Å². The van der Waals surface area contributed by atoms with E-state index in [4.69, 9.17) is 9.47 Å². The van der Waals surface area contributed by atoms with Crippen LogP contribution in [0.2, 0.25) is 0 Å². The summed E-state index contributed by atoms with van der Waals surface area (Å²) >= 11 is 0. The molecule has 1 heterocycles. The lowest BCUT2D eigenvalue weighted by atomic mass is 10.0. The maximum atomic E-state index is 12.3. The number of carbonyl (C=O) groups excluding carboxylic acids is 1. The molecule has 0 aromatic heterocycles. The lowest BCUT2D eigenvalue weighted by molar-refractivity contribution is -0.135. The second kappa shape index (κ2) is 7.26. The molecule has 0 bridgehead atoms. The van der Waals surface area contributed by atoms with Gasteiger partial charge in [-0.25, -0.2) is 0 Å². The number of ether oxygens (including phenoxy) is 2. The van der Waals surface area contributed by atoms with Crippen molar-refractivity contribution in [1.29, 1.82) is 0 Å². The van der Waals surface area contributed by atoms with Gasteiger partial charge in [0.25, 0.3) is 0 Å². The van der Waals surface area contributed by atoms with Gasteiger partial charge in [0.15, 0.2) is 0 Å². The fraction of sp³-hybridized carbons (Fsp3) is 0.533.